The molecular formula is C36H42N2O6. The number of allylic oxidation sites excluding steroid dienone is 2. The summed E-state index contributed by atoms with van der Waals surface area (Å²) in [5.74, 6) is -0.765. The average molecular weight is 599 g/mol. The predicted molar refractivity (Wildman–Crippen MR) is 169 cm³/mol. The molecule has 3 atom stereocenters. The Morgan fingerprint density at radius 3 is 2.34 bits per heavy atom. The first-order valence-electron chi connectivity index (χ1n) is 15.3. The molecule has 0 aromatic heterocycles. The van der Waals surface area contributed by atoms with Crippen LogP contribution in [-0.2, 0) is 38.6 Å². The molecule has 0 radical (unpaired) electrons. The highest BCUT2D eigenvalue weighted by Crippen LogP contribution is 2.18. The summed E-state index contributed by atoms with van der Waals surface area (Å²) in [6, 6.07) is 26.3. The molecule has 3 N–H and O–H groups in total. The van der Waals surface area contributed by atoms with Crippen LogP contribution >= 0.6 is 0 Å². The zero-order valence-electron chi connectivity index (χ0n) is 25.0. The lowest BCUT2D eigenvalue weighted by Crippen LogP contribution is -2.45. The number of carbonyl (C=O) groups is 3. The van der Waals surface area contributed by atoms with Gasteiger partial charge in [-0.2, -0.15) is 0 Å². The molecule has 1 aliphatic heterocycles. The van der Waals surface area contributed by atoms with E-state index in [4.69, 9.17) is 9.47 Å². The number of carbonyl (C=O) groups excluding carboxylic acids is 3. The molecule has 0 bridgehead atoms. The van der Waals surface area contributed by atoms with E-state index in [2.05, 4.69) is 10.6 Å². The second kappa shape index (κ2) is 17.6. The van der Waals surface area contributed by atoms with Crippen LogP contribution in [0.2, 0.25) is 0 Å². The zero-order valence-corrected chi connectivity index (χ0v) is 25.0. The lowest BCUT2D eigenvalue weighted by Gasteiger charge is -2.23. The van der Waals surface area contributed by atoms with Gasteiger partial charge in [-0.3, -0.25) is 14.4 Å². The van der Waals surface area contributed by atoms with Crippen LogP contribution < -0.4 is 15.4 Å². The van der Waals surface area contributed by atoms with E-state index < -0.39 is 18.0 Å². The molecule has 0 saturated heterocycles. The van der Waals surface area contributed by atoms with Crippen molar-refractivity contribution in [3.05, 3.63) is 114 Å². The maximum atomic E-state index is 13.5. The summed E-state index contributed by atoms with van der Waals surface area (Å²) in [6.45, 7) is 0.289. The first-order valence-corrected chi connectivity index (χ1v) is 15.3. The first kappa shape index (κ1) is 32.5. The number of ether oxygens (including phenoxy) is 2. The topological polar surface area (TPSA) is 114 Å². The maximum Gasteiger partial charge on any atom is 0.305 e. The molecule has 0 saturated carbocycles. The molecule has 44 heavy (non-hydrogen) atoms. The van der Waals surface area contributed by atoms with Crippen molar-refractivity contribution in [3.63, 3.8) is 0 Å². The molecule has 3 unspecified atom stereocenters. The van der Waals surface area contributed by atoms with Crippen LogP contribution in [0.5, 0.6) is 5.75 Å². The Labute approximate surface area is 259 Å². The highest BCUT2D eigenvalue weighted by atomic mass is 16.5. The minimum absolute atomic E-state index is 0.0264. The van der Waals surface area contributed by atoms with Gasteiger partial charge in [0.15, 0.2) is 0 Å². The van der Waals surface area contributed by atoms with Crippen molar-refractivity contribution < 1.29 is 29.0 Å². The molecule has 2 amide bonds. The summed E-state index contributed by atoms with van der Waals surface area (Å²) < 4.78 is 11.4. The van der Waals surface area contributed by atoms with Crippen molar-refractivity contribution in [2.75, 3.05) is 13.2 Å². The van der Waals surface area contributed by atoms with Gasteiger partial charge in [-0.15, -0.1) is 0 Å². The molecule has 4 rings (SSSR count). The Morgan fingerprint density at radius 1 is 0.932 bits per heavy atom. The van der Waals surface area contributed by atoms with Gasteiger partial charge in [0.1, 0.15) is 19.0 Å². The number of nitrogens with one attached hydrogen (secondary N) is 2. The largest absolute Gasteiger partial charge is 0.489 e. The fraction of sp³-hybridized carbons (Fsp3) is 0.361. The van der Waals surface area contributed by atoms with E-state index in [1.165, 1.54) is 0 Å². The van der Waals surface area contributed by atoms with E-state index in [0.29, 0.717) is 45.1 Å². The van der Waals surface area contributed by atoms with Crippen molar-refractivity contribution in [3.8, 4) is 5.75 Å². The number of benzene rings is 3. The van der Waals surface area contributed by atoms with E-state index in [0.717, 1.165) is 22.4 Å². The summed E-state index contributed by atoms with van der Waals surface area (Å²) in [4.78, 5) is 38.9. The number of hydrogen-bond donors (Lipinski definition) is 3. The highest BCUT2D eigenvalue weighted by molar-refractivity contribution is 5.86. The SMILES string of the molecule is O=C(CC1CC=CCCCC(=O)OCC(Cc2ccc(OCc3ccccc3)cc2)NC1=O)NC(CO)Cc1ccccc1. The first-order chi connectivity index (χ1) is 21.5. The van der Waals surface area contributed by atoms with Gasteiger partial charge in [0.25, 0.3) is 0 Å². The number of cyclic esters (lactones) is 1. The van der Waals surface area contributed by atoms with Gasteiger partial charge in [0, 0.05) is 12.8 Å². The number of esters is 1. The van der Waals surface area contributed by atoms with Crippen molar-refractivity contribution in [1.29, 1.82) is 0 Å². The Bertz CT molecular complexity index is 1340. The molecule has 1 aliphatic rings. The smallest absolute Gasteiger partial charge is 0.305 e. The van der Waals surface area contributed by atoms with Gasteiger partial charge in [-0.05, 0) is 60.9 Å². The number of hydrogen-bond acceptors (Lipinski definition) is 6. The molecule has 1 heterocycles. The van der Waals surface area contributed by atoms with Crippen molar-refractivity contribution in [1.82, 2.24) is 10.6 Å². The molecule has 0 spiro atoms. The van der Waals surface area contributed by atoms with E-state index in [9.17, 15) is 19.5 Å². The van der Waals surface area contributed by atoms with Gasteiger partial charge < -0.3 is 25.2 Å². The lowest BCUT2D eigenvalue weighted by atomic mass is 9.97. The monoisotopic (exact) mass is 598 g/mol. The number of aliphatic hydroxyl groups excluding tert-OH is 1. The van der Waals surface area contributed by atoms with E-state index >= 15 is 0 Å². The van der Waals surface area contributed by atoms with Crippen molar-refractivity contribution in [2.45, 2.75) is 63.6 Å². The van der Waals surface area contributed by atoms with Gasteiger partial charge >= 0.3 is 5.97 Å². The molecule has 8 nitrogen and oxygen atoms in total. The van der Waals surface area contributed by atoms with Crippen LogP contribution in [-0.4, -0.2) is 48.2 Å². The fourth-order valence-corrected chi connectivity index (χ4v) is 5.08. The second-order valence-electron chi connectivity index (χ2n) is 11.1. The minimum atomic E-state index is -0.616. The normalized spacial score (nSPS) is 18.5. The van der Waals surface area contributed by atoms with E-state index in [-0.39, 0.29) is 37.4 Å². The third-order valence-electron chi connectivity index (χ3n) is 7.50. The van der Waals surface area contributed by atoms with Crippen LogP contribution in [0.25, 0.3) is 0 Å². The second-order valence-corrected chi connectivity index (χ2v) is 11.1. The maximum absolute atomic E-state index is 13.5. The van der Waals surface area contributed by atoms with E-state index in [1.54, 1.807) is 0 Å². The average Bonchev–Trinajstić information content (AvgIpc) is 3.05. The van der Waals surface area contributed by atoms with Gasteiger partial charge in [0.2, 0.25) is 11.8 Å². The molecule has 3 aromatic carbocycles. The van der Waals surface area contributed by atoms with Crippen molar-refractivity contribution in [2.24, 2.45) is 5.92 Å². The van der Waals surface area contributed by atoms with Crippen molar-refractivity contribution >= 4 is 17.8 Å². The summed E-state index contributed by atoms with van der Waals surface area (Å²) in [5, 5.41) is 15.8. The minimum Gasteiger partial charge on any atom is -0.489 e. The van der Waals surface area contributed by atoms with Gasteiger partial charge in [-0.1, -0.05) is 84.9 Å². The van der Waals surface area contributed by atoms with Crippen LogP contribution in [0.15, 0.2) is 97.1 Å². The summed E-state index contributed by atoms with van der Waals surface area (Å²) in [5.41, 5.74) is 3.03. The van der Waals surface area contributed by atoms with Crippen LogP contribution in [0.3, 0.4) is 0 Å². The number of aliphatic hydroxyl groups is 1. The summed E-state index contributed by atoms with van der Waals surface area (Å²) in [6.07, 6.45) is 6.76. The van der Waals surface area contributed by atoms with Crippen LogP contribution in [0.1, 0.15) is 48.8 Å². The van der Waals surface area contributed by atoms with Gasteiger partial charge in [0.05, 0.1) is 24.6 Å². The predicted octanol–water partition coefficient (Wildman–Crippen LogP) is 4.69. The molecule has 0 aliphatic carbocycles. The Morgan fingerprint density at radius 2 is 1.64 bits per heavy atom. The number of rotatable bonds is 11. The van der Waals surface area contributed by atoms with Crippen LogP contribution in [0.4, 0.5) is 0 Å². The van der Waals surface area contributed by atoms with E-state index in [1.807, 2.05) is 97.1 Å². The summed E-state index contributed by atoms with van der Waals surface area (Å²) in [7, 11) is 0. The third-order valence-corrected chi connectivity index (χ3v) is 7.50. The molecule has 8 heteroatoms. The quantitative estimate of drug-likeness (QED) is 0.218. The number of amides is 2. The fourth-order valence-electron chi connectivity index (χ4n) is 5.08. The molecule has 3 aromatic rings. The van der Waals surface area contributed by atoms with Gasteiger partial charge in [-0.25, -0.2) is 0 Å². The lowest BCUT2D eigenvalue weighted by molar-refractivity contribution is -0.145. The van der Waals surface area contributed by atoms with Crippen LogP contribution in [0, 0.1) is 5.92 Å². The zero-order chi connectivity index (χ0) is 31.0. The molecule has 232 valence electrons. The Kier molecular flexibility index (Phi) is 13.0. The Balaban J connectivity index is 1.39. The standard InChI is InChI=1S/C36H42N2O6/c39-24-31(21-27-11-5-3-6-12-27)37-34(40)23-30-15-9-1-2-10-16-35(41)44-26-32(38-36(30)42)22-28-17-19-33(20-18-28)43-25-29-13-7-4-8-14-29/h1,3-9,11-14,17-20,30-32,39H,2,10,15-16,21-26H2,(H,37,40)(H,38,42). The third kappa shape index (κ3) is 11.3. The highest BCUT2D eigenvalue weighted by Gasteiger charge is 2.26. The summed E-state index contributed by atoms with van der Waals surface area (Å²) >= 11 is 0. The molecule has 0 fully saturated rings. The molecular weight excluding hydrogens is 556 g/mol. The Hall–Kier alpha value is -4.43.